The van der Waals surface area contributed by atoms with Gasteiger partial charge in [0.1, 0.15) is 0 Å². The summed E-state index contributed by atoms with van der Waals surface area (Å²) in [5, 5.41) is 0. The topological polar surface area (TPSA) is 50.9 Å². The summed E-state index contributed by atoms with van der Waals surface area (Å²) < 4.78 is 4.86. The average Bonchev–Trinajstić information content (AvgIpc) is 2.63. The summed E-state index contributed by atoms with van der Waals surface area (Å²) in [5.41, 5.74) is 5.27. The van der Waals surface area contributed by atoms with Gasteiger partial charge in [0.25, 0.3) is 0 Å². The monoisotopic (exact) mass is 128 g/mol. The molecule has 52 valence electrons. The minimum Gasteiger partial charge on any atom is -0.349 e. The highest BCUT2D eigenvalue weighted by Gasteiger charge is 2.19. The van der Waals surface area contributed by atoms with Crippen LogP contribution in [0.5, 0.6) is 0 Å². The van der Waals surface area contributed by atoms with Gasteiger partial charge >= 0.3 is 0 Å². The summed E-state index contributed by atoms with van der Waals surface area (Å²) >= 11 is 0. The minimum absolute atomic E-state index is 0.183. The molecule has 0 aromatic carbocycles. The molecule has 0 amide bonds. The van der Waals surface area contributed by atoms with E-state index in [9.17, 15) is 0 Å². The fraction of sp³-hybridized carbons (Fsp3) is 0.833. The summed E-state index contributed by atoms with van der Waals surface area (Å²) in [5.74, 6) is 0. The van der Waals surface area contributed by atoms with Crippen molar-refractivity contribution >= 4 is 6.21 Å². The van der Waals surface area contributed by atoms with Gasteiger partial charge in [0.05, 0.1) is 6.61 Å². The van der Waals surface area contributed by atoms with Crippen molar-refractivity contribution in [2.24, 2.45) is 10.7 Å². The van der Waals surface area contributed by atoms with E-state index in [1.807, 2.05) is 6.21 Å². The summed E-state index contributed by atoms with van der Waals surface area (Å²) in [6, 6.07) is 0. The predicted octanol–water partition coefficient (Wildman–Crippen LogP) is 0.152. The lowest BCUT2D eigenvalue weighted by Gasteiger charge is -1.85. The highest BCUT2D eigenvalue weighted by molar-refractivity contribution is 5.57. The quantitative estimate of drug-likeness (QED) is 0.333. The first-order valence-electron chi connectivity index (χ1n) is 3.27. The molecule has 1 unspecified atom stereocenters. The zero-order chi connectivity index (χ0) is 6.53. The van der Waals surface area contributed by atoms with Crippen LogP contribution in [0, 0.1) is 0 Å². The highest BCUT2D eigenvalue weighted by Crippen LogP contribution is 2.08. The number of nitrogens with two attached hydrogens (primary N) is 1. The van der Waals surface area contributed by atoms with Crippen molar-refractivity contribution in [3.05, 3.63) is 0 Å². The molecule has 3 heteroatoms. The molecular weight excluding hydrogens is 116 g/mol. The first-order chi connectivity index (χ1) is 4.43. The molecule has 0 aromatic heterocycles. The molecule has 1 heterocycles. The average molecular weight is 128 g/mol. The molecule has 1 atom stereocenters. The van der Waals surface area contributed by atoms with E-state index in [-0.39, 0.29) is 6.23 Å². The molecule has 9 heavy (non-hydrogen) atoms. The third-order valence-electron chi connectivity index (χ3n) is 1.12. The van der Waals surface area contributed by atoms with Gasteiger partial charge in [-0.3, -0.25) is 4.99 Å². The number of aliphatic imine (C=N–C) groups is 1. The van der Waals surface area contributed by atoms with Gasteiger partial charge in [0, 0.05) is 6.21 Å². The van der Waals surface area contributed by atoms with E-state index in [2.05, 4.69) is 4.99 Å². The normalized spacial score (nSPS) is 25.2. The molecule has 0 radical (unpaired) electrons. The number of unbranched alkanes of at least 4 members (excludes halogenated alkanes) is 1. The molecule has 1 fully saturated rings. The number of rotatable bonds is 4. The van der Waals surface area contributed by atoms with Crippen LogP contribution in [0.2, 0.25) is 0 Å². The van der Waals surface area contributed by atoms with Crippen LogP contribution in [0.25, 0.3) is 0 Å². The summed E-state index contributed by atoms with van der Waals surface area (Å²) in [7, 11) is 0. The fourth-order valence-electron chi connectivity index (χ4n) is 0.530. The second-order valence-corrected chi connectivity index (χ2v) is 2.05. The van der Waals surface area contributed by atoms with E-state index < -0.39 is 0 Å². The fourth-order valence-corrected chi connectivity index (χ4v) is 0.530. The Bertz CT molecular complexity index is 99.2. The third kappa shape index (κ3) is 3.21. The Morgan fingerprint density at radius 3 is 3.11 bits per heavy atom. The van der Waals surface area contributed by atoms with Crippen molar-refractivity contribution in [3.8, 4) is 0 Å². The van der Waals surface area contributed by atoms with Gasteiger partial charge in [-0.15, -0.1) is 0 Å². The summed E-state index contributed by atoms with van der Waals surface area (Å²) in [4.78, 5) is 4.07. The van der Waals surface area contributed by atoms with Gasteiger partial charge in [-0.2, -0.15) is 0 Å². The van der Waals surface area contributed by atoms with Crippen LogP contribution in [-0.4, -0.2) is 25.6 Å². The molecule has 0 spiro atoms. The van der Waals surface area contributed by atoms with Gasteiger partial charge < -0.3 is 10.5 Å². The van der Waals surface area contributed by atoms with Crippen LogP contribution >= 0.6 is 0 Å². The Morgan fingerprint density at radius 2 is 2.56 bits per heavy atom. The van der Waals surface area contributed by atoms with E-state index in [4.69, 9.17) is 10.5 Å². The van der Waals surface area contributed by atoms with Crippen LogP contribution < -0.4 is 5.73 Å². The Labute approximate surface area is 54.9 Å². The SMILES string of the molecule is NCCCC=NC1CO1. The molecule has 0 saturated carbocycles. The number of epoxide rings is 1. The molecule has 1 aliphatic rings. The second kappa shape index (κ2) is 3.58. The maximum absolute atomic E-state index is 5.27. The Balaban J connectivity index is 1.89. The lowest BCUT2D eigenvalue weighted by atomic mass is 10.3. The number of nitrogens with zero attached hydrogens (tertiary/aromatic N) is 1. The van der Waals surface area contributed by atoms with Crippen molar-refractivity contribution in [2.75, 3.05) is 13.2 Å². The number of hydrogen-bond acceptors (Lipinski definition) is 3. The first kappa shape index (κ1) is 6.71. The lowest BCUT2D eigenvalue weighted by molar-refractivity contribution is 0.416. The van der Waals surface area contributed by atoms with Crippen molar-refractivity contribution in [1.29, 1.82) is 0 Å². The molecule has 0 aliphatic carbocycles. The smallest absolute Gasteiger partial charge is 0.171 e. The molecule has 2 N–H and O–H groups in total. The van der Waals surface area contributed by atoms with Crippen LogP contribution in [0.3, 0.4) is 0 Å². The molecule has 0 bridgehead atoms. The predicted molar refractivity (Wildman–Crippen MR) is 36.5 cm³/mol. The maximum Gasteiger partial charge on any atom is 0.171 e. The molecule has 1 aliphatic heterocycles. The van der Waals surface area contributed by atoms with E-state index in [0.29, 0.717) is 0 Å². The van der Waals surface area contributed by atoms with E-state index in [0.717, 1.165) is 26.0 Å². The molecule has 0 aromatic rings. The minimum atomic E-state index is 0.183. The lowest BCUT2D eigenvalue weighted by Crippen LogP contribution is -1.98. The van der Waals surface area contributed by atoms with Crippen molar-refractivity contribution < 1.29 is 4.74 Å². The molecule has 1 rings (SSSR count). The van der Waals surface area contributed by atoms with Crippen LogP contribution in [0.4, 0.5) is 0 Å². The maximum atomic E-state index is 5.27. The van der Waals surface area contributed by atoms with Gasteiger partial charge in [-0.25, -0.2) is 0 Å². The molecule has 1 saturated heterocycles. The van der Waals surface area contributed by atoms with Gasteiger partial charge in [-0.1, -0.05) is 0 Å². The van der Waals surface area contributed by atoms with Crippen molar-refractivity contribution in [3.63, 3.8) is 0 Å². The highest BCUT2D eigenvalue weighted by atomic mass is 16.6. The third-order valence-corrected chi connectivity index (χ3v) is 1.12. The first-order valence-corrected chi connectivity index (χ1v) is 3.27. The van der Waals surface area contributed by atoms with Crippen molar-refractivity contribution in [1.82, 2.24) is 0 Å². The summed E-state index contributed by atoms with van der Waals surface area (Å²) in [6.07, 6.45) is 4.08. The van der Waals surface area contributed by atoms with Crippen LogP contribution in [-0.2, 0) is 4.74 Å². The Hall–Kier alpha value is -0.410. The van der Waals surface area contributed by atoms with Gasteiger partial charge in [0.2, 0.25) is 0 Å². The Kier molecular flexibility index (Phi) is 2.67. The van der Waals surface area contributed by atoms with Gasteiger partial charge in [-0.05, 0) is 19.4 Å². The van der Waals surface area contributed by atoms with E-state index >= 15 is 0 Å². The molecular formula is C6H12N2O. The largest absolute Gasteiger partial charge is 0.349 e. The second-order valence-electron chi connectivity index (χ2n) is 2.05. The van der Waals surface area contributed by atoms with Gasteiger partial charge in [0.15, 0.2) is 6.23 Å². The zero-order valence-corrected chi connectivity index (χ0v) is 5.42. The number of hydrogen-bond donors (Lipinski definition) is 1. The summed E-state index contributed by atoms with van der Waals surface area (Å²) in [6.45, 7) is 1.55. The van der Waals surface area contributed by atoms with Crippen LogP contribution in [0.15, 0.2) is 4.99 Å². The zero-order valence-electron chi connectivity index (χ0n) is 5.42. The van der Waals surface area contributed by atoms with E-state index in [1.54, 1.807) is 0 Å². The van der Waals surface area contributed by atoms with Crippen LogP contribution in [0.1, 0.15) is 12.8 Å². The molecule has 3 nitrogen and oxygen atoms in total. The number of ether oxygens (including phenoxy) is 1. The van der Waals surface area contributed by atoms with E-state index in [1.165, 1.54) is 0 Å². The standard InChI is InChI=1S/C6H12N2O/c7-3-1-2-4-8-6-5-9-6/h4,6H,1-3,5,7H2. The van der Waals surface area contributed by atoms with Crippen molar-refractivity contribution in [2.45, 2.75) is 19.1 Å². The Morgan fingerprint density at radius 1 is 1.78 bits per heavy atom.